The average molecular weight is 810 g/mol. The molecule has 0 saturated heterocycles. The Kier molecular flexibility index (Phi) is 9.03. The van der Waals surface area contributed by atoms with Gasteiger partial charge in [0.15, 0.2) is 0 Å². The topological polar surface area (TPSA) is 3.24 Å². The van der Waals surface area contributed by atoms with Gasteiger partial charge in [0.2, 0.25) is 0 Å². The molecule has 0 heterocycles. The van der Waals surface area contributed by atoms with E-state index in [0.29, 0.717) is 0 Å². The van der Waals surface area contributed by atoms with Gasteiger partial charge in [-0.2, -0.15) is 0 Å². The molecule has 9 aromatic carbocycles. The normalized spacial score (nSPS) is 14.0. The van der Waals surface area contributed by atoms with E-state index in [2.05, 4.69) is 258 Å². The van der Waals surface area contributed by atoms with E-state index in [1.807, 2.05) is 0 Å². The van der Waals surface area contributed by atoms with Gasteiger partial charge in [-0.25, -0.2) is 0 Å². The van der Waals surface area contributed by atoms with Gasteiger partial charge < -0.3 is 4.90 Å². The van der Waals surface area contributed by atoms with Gasteiger partial charge >= 0.3 is 0 Å². The van der Waals surface area contributed by atoms with E-state index in [9.17, 15) is 0 Å². The zero-order valence-electron chi connectivity index (χ0n) is 36.7. The Morgan fingerprint density at radius 2 is 0.889 bits per heavy atom. The molecule has 9 aromatic rings. The van der Waals surface area contributed by atoms with Crippen molar-refractivity contribution in [3.8, 4) is 44.5 Å². The third-order valence-corrected chi connectivity index (χ3v) is 13.9. The van der Waals surface area contributed by atoms with Crippen LogP contribution in [0.25, 0.3) is 44.5 Å². The second-order valence-electron chi connectivity index (χ2n) is 18.9. The fourth-order valence-electron chi connectivity index (χ4n) is 10.8. The van der Waals surface area contributed by atoms with Gasteiger partial charge in [-0.3, -0.25) is 0 Å². The SMILES string of the molecule is CC(C)(C)c1ccc2c(c1)C(C)(C)c1cccc(-c3ccccc3N(c3ccc(-c4ccccc4)cc3)c3ccc4c(c3)C(c3ccccc3)(c3ccccc3)c3ccccc3-4)c1-2. The lowest BCUT2D eigenvalue weighted by molar-refractivity contribution is 0.584. The van der Waals surface area contributed by atoms with Crippen LogP contribution in [0.5, 0.6) is 0 Å². The maximum atomic E-state index is 2.50. The van der Waals surface area contributed by atoms with Gasteiger partial charge in [0.05, 0.1) is 11.1 Å². The van der Waals surface area contributed by atoms with Crippen LogP contribution in [0, 0.1) is 0 Å². The standard InChI is InChI=1S/C62H51N/c1-60(2,3)46-34-38-53-56(40-46)61(4,5)55-30-19-28-52(59(53)55)51-27-16-18-31-58(51)63(47-35-32-43(33-36-47)42-20-9-6-10-21-42)48-37-39-50-49-26-15-17-29-54(49)62(57(50)41-48,44-22-11-7-12-23-44)45-24-13-8-14-25-45/h6-41H,1-5H3. The third-order valence-electron chi connectivity index (χ3n) is 13.9. The van der Waals surface area contributed by atoms with Crippen LogP contribution in [0.1, 0.15) is 73.6 Å². The van der Waals surface area contributed by atoms with E-state index >= 15 is 0 Å². The van der Waals surface area contributed by atoms with Crippen molar-refractivity contribution in [3.05, 3.63) is 257 Å². The molecule has 1 heteroatoms. The molecule has 1 nitrogen and oxygen atoms in total. The van der Waals surface area contributed by atoms with E-state index in [0.717, 1.165) is 17.1 Å². The van der Waals surface area contributed by atoms with Crippen LogP contribution in [-0.4, -0.2) is 0 Å². The van der Waals surface area contributed by atoms with Crippen LogP contribution in [0.15, 0.2) is 218 Å². The average Bonchev–Trinajstić information content (AvgIpc) is 3.75. The van der Waals surface area contributed by atoms with Gasteiger partial charge in [0.1, 0.15) is 0 Å². The fourth-order valence-corrected chi connectivity index (χ4v) is 10.8. The van der Waals surface area contributed by atoms with Gasteiger partial charge in [-0.15, -0.1) is 0 Å². The van der Waals surface area contributed by atoms with Crippen molar-refractivity contribution in [2.75, 3.05) is 4.90 Å². The first-order valence-electron chi connectivity index (χ1n) is 22.3. The first kappa shape index (κ1) is 38.7. The zero-order valence-corrected chi connectivity index (χ0v) is 36.7. The number of hydrogen-bond donors (Lipinski definition) is 0. The second-order valence-corrected chi connectivity index (χ2v) is 18.9. The summed E-state index contributed by atoms with van der Waals surface area (Å²) in [5, 5.41) is 0. The molecule has 0 aliphatic heterocycles. The predicted molar refractivity (Wildman–Crippen MR) is 266 cm³/mol. The number of hydrogen-bond acceptors (Lipinski definition) is 1. The van der Waals surface area contributed by atoms with Crippen molar-refractivity contribution in [2.45, 2.75) is 50.9 Å². The van der Waals surface area contributed by atoms with Gasteiger partial charge in [0, 0.05) is 22.4 Å². The molecule has 0 radical (unpaired) electrons. The highest BCUT2D eigenvalue weighted by atomic mass is 15.1. The minimum atomic E-state index is -0.520. The lowest BCUT2D eigenvalue weighted by atomic mass is 9.67. The van der Waals surface area contributed by atoms with Crippen LogP contribution in [0.2, 0.25) is 0 Å². The monoisotopic (exact) mass is 809 g/mol. The number of anilines is 3. The molecule has 63 heavy (non-hydrogen) atoms. The lowest BCUT2D eigenvalue weighted by Gasteiger charge is -2.35. The summed E-state index contributed by atoms with van der Waals surface area (Å²) >= 11 is 0. The van der Waals surface area contributed by atoms with Crippen molar-refractivity contribution >= 4 is 17.1 Å². The molecule has 2 aliphatic rings. The largest absolute Gasteiger partial charge is 0.310 e. The predicted octanol–water partition coefficient (Wildman–Crippen LogP) is 16.5. The second kappa shape index (κ2) is 14.7. The highest BCUT2D eigenvalue weighted by molar-refractivity contribution is 5.99. The van der Waals surface area contributed by atoms with Crippen LogP contribution in [0.4, 0.5) is 17.1 Å². The molecule has 0 atom stereocenters. The summed E-state index contributed by atoms with van der Waals surface area (Å²) in [5.74, 6) is 0. The number of para-hydroxylation sites is 1. The molecule has 0 unspecified atom stereocenters. The number of fused-ring (bicyclic) bond motifs is 6. The van der Waals surface area contributed by atoms with Crippen molar-refractivity contribution in [2.24, 2.45) is 0 Å². The summed E-state index contributed by atoms with van der Waals surface area (Å²) < 4.78 is 0. The highest BCUT2D eigenvalue weighted by Gasteiger charge is 2.46. The molecule has 2 aliphatic carbocycles. The number of nitrogens with zero attached hydrogens (tertiary/aromatic N) is 1. The first-order chi connectivity index (χ1) is 30.7. The summed E-state index contributed by atoms with van der Waals surface area (Å²) in [7, 11) is 0. The summed E-state index contributed by atoms with van der Waals surface area (Å²) in [6.45, 7) is 11.7. The lowest BCUT2D eigenvalue weighted by Crippen LogP contribution is -2.28. The molecule has 0 N–H and O–H groups in total. The molecule has 0 aromatic heterocycles. The van der Waals surface area contributed by atoms with Crippen molar-refractivity contribution in [1.29, 1.82) is 0 Å². The first-order valence-corrected chi connectivity index (χ1v) is 22.3. The molecule has 0 fully saturated rings. The number of benzene rings is 9. The Hall–Kier alpha value is -7.22. The van der Waals surface area contributed by atoms with Gasteiger partial charge in [0.25, 0.3) is 0 Å². The highest BCUT2D eigenvalue weighted by Crippen LogP contribution is 2.58. The number of rotatable bonds is 7. The van der Waals surface area contributed by atoms with Crippen LogP contribution in [-0.2, 0) is 16.2 Å². The quantitative estimate of drug-likeness (QED) is 0.155. The fraction of sp³-hybridized carbons (Fsp3) is 0.129. The Morgan fingerprint density at radius 3 is 1.57 bits per heavy atom. The van der Waals surface area contributed by atoms with Crippen LogP contribution >= 0.6 is 0 Å². The molecular formula is C62H51N. The minimum absolute atomic E-state index is 0.0573. The Bertz CT molecular complexity index is 3110. The van der Waals surface area contributed by atoms with E-state index < -0.39 is 5.41 Å². The summed E-state index contributed by atoms with van der Waals surface area (Å²) in [6, 6.07) is 81.4. The van der Waals surface area contributed by atoms with E-state index in [4.69, 9.17) is 0 Å². The molecule has 304 valence electrons. The van der Waals surface area contributed by atoms with E-state index in [1.165, 1.54) is 83.5 Å². The minimum Gasteiger partial charge on any atom is -0.310 e. The van der Waals surface area contributed by atoms with E-state index in [-0.39, 0.29) is 10.8 Å². The molecule has 0 amide bonds. The van der Waals surface area contributed by atoms with Gasteiger partial charge in [-0.05, 0) is 114 Å². The van der Waals surface area contributed by atoms with Crippen LogP contribution < -0.4 is 4.90 Å². The Labute approximate surface area is 373 Å². The summed E-state index contributed by atoms with van der Waals surface area (Å²) in [6.07, 6.45) is 0. The maximum Gasteiger partial charge on any atom is 0.0714 e. The molecule has 0 bridgehead atoms. The van der Waals surface area contributed by atoms with Crippen LogP contribution in [0.3, 0.4) is 0 Å². The van der Waals surface area contributed by atoms with Crippen molar-refractivity contribution < 1.29 is 0 Å². The van der Waals surface area contributed by atoms with E-state index in [1.54, 1.807) is 0 Å². The van der Waals surface area contributed by atoms with Crippen molar-refractivity contribution in [1.82, 2.24) is 0 Å². The Morgan fingerprint density at radius 1 is 0.365 bits per heavy atom. The molecule has 0 spiro atoms. The summed E-state index contributed by atoms with van der Waals surface area (Å²) in [4.78, 5) is 2.50. The zero-order chi connectivity index (χ0) is 42.9. The Balaban J connectivity index is 1.16. The van der Waals surface area contributed by atoms with Crippen molar-refractivity contribution in [3.63, 3.8) is 0 Å². The maximum absolute atomic E-state index is 2.50. The molecule has 0 saturated carbocycles. The molecule has 11 rings (SSSR count). The third kappa shape index (κ3) is 6.05. The molecular weight excluding hydrogens is 759 g/mol. The smallest absolute Gasteiger partial charge is 0.0714 e. The summed E-state index contributed by atoms with van der Waals surface area (Å²) in [5.41, 5.74) is 22.1. The van der Waals surface area contributed by atoms with Gasteiger partial charge in [-0.1, -0.05) is 223 Å².